The van der Waals surface area contributed by atoms with Crippen LogP contribution in [0.25, 0.3) is 0 Å². The zero-order valence-electron chi connectivity index (χ0n) is 20.8. The molecule has 0 aromatic heterocycles. The molecule has 10 nitrogen and oxygen atoms in total. The number of rotatable bonds is 7. The van der Waals surface area contributed by atoms with Crippen molar-refractivity contribution in [2.45, 2.75) is 68.4 Å². The maximum atomic E-state index is 11.3. The minimum absolute atomic E-state index is 0.0375. The molecule has 0 aromatic carbocycles. The number of methoxy groups -OCH3 is 2. The molecule has 1 rings (SSSR count). The molecule has 1 heterocycles. The molecule has 12 heteroatoms. The minimum atomic E-state index is -0.576. The Labute approximate surface area is 214 Å². The van der Waals surface area contributed by atoms with E-state index in [2.05, 4.69) is 52.0 Å². The van der Waals surface area contributed by atoms with Crippen LogP contribution in [0.2, 0.25) is 0 Å². The first-order valence-corrected chi connectivity index (χ1v) is 12.2. The van der Waals surface area contributed by atoms with Crippen molar-refractivity contribution in [2.24, 2.45) is 0 Å². The Balaban J connectivity index is 0. The summed E-state index contributed by atoms with van der Waals surface area (Å²) in [5.41, 5.74) is -0.403. The summed E-state index contributed by atoms with van der Waals surface area (Å²) in [7, 11) is 2.62. The minimum Gasteiger partial charge on any atom is -0.468 e. The number of aliphatic hydroxyl groups excluding tert-OH is 1. The van der Waals surface area contributed by atoms with Crippen molar-refractivity contribution in [2.75, 3.05) is 47.1 Å². The van der Waals surface area contributed by atoms with E-state index in [0.717, 1.165) is 6.54 Å². The second-order valence-electron chi connectivity index (χ2n) is 8.81. The Morgan fingerprint density at radius 1 is 0.970 bits per heavy atom. The molecular formula is C21H40Br2N2O8. The van der Waals surface area contributed by atoms with Crippen LogP contribution in [0.15, 0.2) is 0 Å². The number of nitrogens with one attached hydrogen (secondary N) is 2. The number of halogens is 2. The maximum absolute atomic E-state index is 11.3. The van der Waals surface area contributed by atoms with Crippen molar-refractivity contribution in [3.63, 3.8) is 0 Å². The van der Waals surface area contributed by atoms with Crippen molar-refractivity contribution in [3.8, 4) is 0 Å². The van der Waals surface area contributed by atoms with E-state index in [4.69, 9.17) is 14.6 Å². The van der Waals surface area contributed by atoms with Crippen molar-refractivity contribution < 1.29 is 38.4 Å². The summed E-state index contributed by atoms with van der Waals surface area (Å²) in [4.78, 5) is 31.5. The van der Waals surface area contributed by atoms with E-state index in [-0.39, 0.29) is 40.6 Å². The van der Waals surface area contributed by atoms with E-state index < -0.39 is 10.8 Å². The summed E-state index contributed by atoms with van der Waals surface area (Å²) >= 11 is 6.03. The first-order chi connectivity index (χ1) is 15.1. The average molecular weight is 608 g/mol. The third-order valence-corrected chi connectivity index (χ3v) is 4.85. The van der Waals surface area contributed by atoms with E-state index in [1.54, 1.807) is 0 Å². The van der Waals surface area contributed by atoms with Crippen molar-refractivity contribution in [1.29, 1.82) is 0 Å². The number of esters is 2. The molecule has 0 saturated carbocycles. The van der Waals surface area contributed by atoms with Gasteiger partial charge in [0.2, 0.25) is 5.91 Å². The fourth-order valence-corrected chi connectivity index (χ4v) is 2.34. The summed E-state index contributed by atoms with van der Waals surface area (Å²) in [5, 5.41) is 14.2. The third-order valence-electron chi connectivity index (χ3n) is 3.55. The molecule has 1 aliphatic rings. The highest BCUT2D eigenvalue weighted by Crippen LogP contribution is 2.11. The lowest BCUT2D eigenvalue weighted by Gasteiger charge is -2.27. The highest BCUT2D eigenvalue weighted by atomic mass is 79.9. The molecule has 0 bridgehead atoms. The second-order valence-corrected chi connectivity index (χ2v) is 11.0. The molecule has 1 amide bonds. The average Bonchev–Trinajstić information content (AvgIpc) is 2.74. The molecule has 1 saturated heterocycles. The number of hydrogen-bond donors (Lipinski definition) is 3. The van der Waals surface area contributed by atoms with Gasteiger partial charge in [0.15, 0.2) is 0 Å². The van der Waals surface area contributed by atoms with E-state index in [9.17, 15) is 14.4 Å². The van der Waals surface area contributed by atoms with Crippen molar-refractivity contribution in [1.82, 2.24) is 10.6 Å². The standard InChI is InChI=1S/C9H18N2O2.C8H15BrO3.C4H7BrO3/c1-9(2,3)13-6-7-8(12)11-5-4-10-7;1-8(2,3)12-5-6(9)7(10)11-4;1-8-4(7)3(5)2-6/h7,10H,4-6H2,1-3H3,(H,11,12);6H,5H2,1-4H3;3,6H,2H2,1H3/t;6-;3-/m.00/s1. The summed E-state index contributed by atoms with van der Waals surface area (Å²) in [5.74, 6) is -0.720. The van der Waals surface area contributed by atoms with Crippen molar-refractivity contribution in [3.05, 3.63) is 0 Å². The highest BCUT2D eigenvalue weighted by molar-refractivity contribution is 9.10. The lowest BCUT2D eigenvalue weighted by atomic mass is 10.2. The molecule has 0 aromatic rings. The molecule has 3 N–H and O–H groups in total. The molecule has 0 spiro atoms. The Bertz CT molecular complexity index is 580. The van der Waals surface area contributed by atoms with Gasteiger partial charge >= 0.3 is 11.9 Å². The molecule has 33 heavy (non-hydrogen) atoms. The van der Waals surface area contributed by atoms with Crippen LogP contribution in [0.3, 0.4) is 0 Å². The van der Waals surface area contributed by atoms with Gasteiger partial charge in [-0.2, -0.15) is 0 Å². The van der Waals surface area contributed by atoms with Gasteiger partial charge in [-0.05, 0) is 41.5 Å². The fourth-order valence-electron chi connectivity index (χ4n) is 1.84. The molecular weight excluding hydrogens is 568 g/mol. The van der Waals surface area contributed by atoms with E-state index >= 15 is 0 Å². The van der Waals surface area contributed by atoms with Crippen LogP contribution >= 0.6 is 31.9 Å². The number of alkyl halides is 2. The second kappa shape index (κ2) is 17.6. The number of hydrogen-bond acceptors (Lipinski definition) is 9. The van der Waals surface area contributed by atoms with Crippen LogP contribution in [-0.2, 0) is 33.3 Å². The number of aliphatic hydroxyl groups is 1. The van der Waals surface area contributed by atoms with E-state index in [1.807, 2.05) is 41.5 Å². The van der Waals surface area contributed by atoms with Crippen molar-refractivity contribution >= 4 is 49.7 Å². The van der Waals surface area contributed by atoms with Gasteiger partial charge in [-0.1, -0.05) is 31.9 Å². The predicted molar refractivity (Wildman–Crippen MR) is 133 cm³/mol. The van der Waals surface area contributed by atoms with E-state index in [0.29, 0.717) is 19.8 Å². The normalized spacial score (nSPS) is 17.8. The quantitative estimate of drug-likeness (QED) is 0.291. The summed E-state index contributed by atoms with van der Waals surface area (Å²) in [6.45, 7) is 13.8. The summed E-state index contributed by atoms with van der Waals surface area (Å²) < 4.78 is 19.7. The van der Waals surface area contributed by atoms with Gasteiger partial charge in [0.05, 0.1) is 45.2 Å². The Morgan fingerprint density at radius 2 is 1.45 bits per heavy atom. The largest absolute Gasteiger partial charge is 0.468 e. The smallest absolute Gasteiger partial charge is 0.321 e. The van der Waals surface area contributed by atoms with Crippen LogP contribution in [0.1, 0.15) is 41.5 Å². The van der Waals surface area contributed by atoms with Crippen LogP contribution in [0.4, 0.5) is 0 Å². The zero-order chi connectivity index (χ0) is 26.2. The summed E-state index contributed by atoms with van der Waals surface area (Å²) in [6, 6.07) is -0.187. The topological polar surface area (TPSA) is 132 Å². The number of carbonyl (C=O) groups is 3. The fraction of sp³-hybridized carbons (Fsp3) is 0.857. The molecule has 1 aliphatic heterocycles. The molecule has 1 fully saturated rings. The van der Waals surface area contributed by atoms with Crippen LogP contribution in [0.5, 0.6) is 0 Å². The van der Waals surface area contributed by atoms with Gasteiger partial charge in [0.1, 0.15) is 15.7 Å². The number of amides is 1. The number of piperazine rings is 1. The third kappa shape index (κ3) is 20.3. The van der Waals surface area contributed by atoms with Gasteiger partial charge in [0.25, 0.3) is 0 Å². The maximum Gasteiger partial charge on any atom is 0.321 e. The number of carbonyl (C=O) groups excluding carboxylic acids is 3. The number of ether oxygens (including phenoxy) is 4. The molecule has 196 valence electrons. The first-order valence-electron chi connectivity index (χ1n) is 10.4. The first kappa shape index (κ1) is 34.4. The van der Waals surface area contributed by atoms with Gasteiger partial charge in [-0.15, -0.1) is 0 Å². The Hall–Kier alpha value is -0.790. The highest BCUT2D eigenvalue weighted by Gasteiger charge is 2.23. The van der Waals surface area contributed by atoms with Gasteiger partial charge in [-0.3, -0.25) is 14.4 Å². The zero-order valence-corrected chi connectivity index (χ0v) is 24.0. The Morgan fingerprint density at radius 3 is 1.82 bits per heavy atom. The van der Waals surface area contributed by atoms with E-state index in [1.165, 1.54) is 14.2 Å². The molecule has 3 atom stereocenters. The molecule has 0 aliphatic carbocycles. The lowest BCUT2D eigenvalue weighted by Crippen LogP contribution is -2.55. The van der Waals surface area contributed by atoms with Crippen LogP contribution in [-0.4, -0.2) is 97.0 Å². The van der Waals surface area contributed by atoms with Gasteiger partial charge in [-0.25, -0.2) is 0 Å². The molecule has 0 radical (unpaired) electrons. The van der Waals surface area contributed by atoms with Gasteiger partial charge in [0, 0.05) is 13.1 Å². The SMILES string of the molecule is CC(C)(C)OCC1NCCNC1=O.COC(=O)[C@@H](Br)CO.COC(=O)[C@@H](Br)COC(C)(C)C. The van der Waals surface area contributed by atoms with Gasteiger partial charge < -0.3 is 34.7 Å². The Kier molecular flexibility index (Phi) is 18.4. The summed E-state index contributed by atoms with van der Waals surface area (Å²) in [6.07, 6.45) is 0. The predicted octanol–water partition coefficient (Wildman–Crippen LogP) is 1.54. The lowest BCUT2D eigenvalue weighted by molar-refractivity contribution is -0.142. The monoisotopic (exact) mass is 606 g/mol. The van der Waals surface area contributed by atoms with Crippen LogP contribution in [0, 0.1) is 0 Å². The van der Waals surface area contributed by atoms with Crippen LogP contribution < -0.4 is 10.6 Å². The molecule has 1 unspecified atom stereocenters.